The number of hydrogen-bond donors (Lipinski definition) is 0. The Morgan fingerprint density at radius 1 is 1.60 bits per heavy atom. The normalized spacial score (nSPS) is 9.20. The van der Waals surface area contributed by atoms with Gasteiger partial charge >= 0.3 is 39.3 Å². The Morgan fingerprint density at radius 2 is 2.20 bits per heavy atom. The van der Waals surface area contributed by atoms with Gasteiger partial charge in [0.25, 0.3) is 0 Å². The quantitative estimate of drug-likeness (QED) is 0.474. The van der Waals surface area contributed by atoms with Gasteiger partial charge in [-0.25, -0.2) is 0 Å². The van der Waals surface area contributed by atoms with Crippen LogP contribution < -0.4 is 0 Å². The molecule has 5 heavy (non-hydrogen) atoms. The third kappa shape index (κ3) is 4.12. The summed E-state index contributed by atoms with van der Waals surface area (Å²) in [5.74, 6) is 0. The summed E-state index contributed by atoms with van der Waals surface area (Å²) in [5, 5.41) is 0. The van der Waals surface area contributed by atoms with Gasteiger partial charge in [-0.05, 0) is 0 Å². The summed E-state index contributed by atoms with van der Waals surface area (Å²) < 4.78 is 0. The molecule has 31 valence electrons. The van der Waals surface area contributed by atoms with Gasteiger partial charge in [0, 0.05) is 0 Å². The molecule has 0 rings (SSSR count). The van der Waals surface area contributed by atoms with Crippen LogP contribution in [0.15, 0.2) is 12.2 Å². The van der Waals surface area contributed by atoms with E-state index >= 15 is 0 Å². The molecule has 0 heterocycles. The molecule has 0 aliphatic carbocycles. The van der Waals surface area contributed by atoms with Crippen LogP contribution in [0.25, 0.3) is 0 Å². The van der Waals surface area contributed by atoms with Gasteiger partial charge in [0.1, 0.15) is 0 Å². The summed E-state index contributed by atoms with van der Waals surface area (Å²) in [7, 11) is 0. The summed E-state index contributed by atoms with van der Waals surface area (Å²) >= 11 is 3.83. The van der Waals surface area contributed by atoms with Crippen molar-refractivity contribution in [2.45, 2.75) is 6.92 Å². The van der Waals surface area contributed by atoms with E-state index in [1.165, 1.54) is 0 Å². The van der Waals surface area contributed by atoms with Gasteiger partial charge in [-0.3, -0.25) is 0 Å². The molecule has 0 unspecified atom stereocenters. The molecule has 0 aliphatic rings. The molecule has 0 bridgehead atoms. The molecule has 0 radical (unpaired) electrons. The van der Waals surface area contributed by atoms with Crippen LogP contribution in [0.2, 0.25) is 0 Å². The second-order valence-electron chi connectivity index (χ2n) is 0.637. The van der Waals surface area contributed by atoms with Crippen molar-refractivity contribution >= 4 is 4.96 Å². The van der Waals surface area contributed by atoms with Crippen molar-refractivity contribution in [3.05, 3.63) is 12.2 Å². The number of allylic oxidation sites excluding steroid dienone is 2. The Labute approximate surface area is 40.0 Å². The van der Waals surface area contributed by atoms with Crippen LogP contribution in [0.5, 0.6) is 0 Å². The molecule has 0 spiro atoms. The van der Waals surface area contributed by atoms with Crippen LogP contribution >= 0.6 is 0 Å². The predicted octanol–water partition coefficient (Wildman–Crippen LogP) is 0.911. The topological polar surface area (TPSA) is 0 Å². The van der Waals surface area contributed by atoms with E-state index in [-0.39, 0.29) is 0 Å². The van der Waals surface area contributed by atoms with Crippen molar-refractivity contribution in [2.75, 3.05) is 0 Å². The molecule has 0 N–H and O–H groups in total. The Morgan fingerprint density at radius 3 is 2.20 bits per heavy atom. The molecular weight excluding hydrogens is 107 g/mol. The molecule has 0 aromatic rings. The van der Waals surface area contributed by atoms with E-state index in [0.29, 0.717) is 0 Å². The number of hydrogen-bond acceptors (Lipinski definition) is 0. The standard InChI is InChI=1S/C4H6.Co/c1-3-4-2;/h1,3-4H,2H3;/b4-3-;. The first-order chi connectivity index (χ1) is 2.41. The summed E-state index contributed by atoms with van der Waals surface area (Å²) in [5.41, 5.74) is 0. The van der Waals surface area contributed by atoms with E-state index in [4.69, 9.17) is 0 Å². The number of rotatable bonds is 1. The fourth-order valence-electron chi connectivity index (χ4n) is 0.0642. The summed E-state index contributed by atoms with van der Waals surface area (Å²) in [6, 6.07) is 0. The van der Waals surface area contributed by atoms with E-state index in [1.807, 2.05) is 19.1 Å². The summed E-state index contributed by atoms with van der Waals surface area (Å²) in [6.45, 7) is 1.95. The van der Waals surface area contributed by atoms with Crippen molar-refractivity contribution in [3.63, 3.8) is 0 Å². The fraction of sp³-hybridized carbons (Fsp3) is 0.250. The summed E-state index contributed by atoms with van der Waals surface area (Å²) in [4.78, 5) is 1.69. The molecule has 0 nitrogen and oxygen atoms in total. The molecule has 0 aromatic heterocycles. The van der Waals surface area contributed by atoms with E-state index in [0.717, 1.165) is 0 Å². The zero-order chi connectivity index (χ0) is 4.12. The molecule has 0 saturated carbocycles. The third-order valence-electron chi connectivity index (χ3n) is 0.257. The van der Waals surface area contributed by atoms with Crippen LogP contribution in [0.3, 0.4) is 0 Å². The molecule has 0 aliphatic heterocycles. The van der Waals surface area contributed by atoms with Gasteiger partial charge in [0.2, 0.25) is 0 Å². The molecular formula is C4H6Co. The van der Waals surface area contributed by atoms with Crippen LogP contribution in [-0.2, 0) is 15.3 Å². The van der Waals surface area contributed by atoms with Crippen molar-refractivity contribution in [3.8, 4) is 0 Å². The maximum atomic E-state index is 3.83. The molecule has 0 fully saturated rings. The van der Waals surface area contributed by atoms with Gasteiger partial charge in [0.15, 0.2) is 0 Å². The monoisotopic (exact) mass is 113 g/mol. The van der Waals surface area contributed by atoms with E-state index in [2.05, 4.69) is 15.3 Å². The van der Waals surface area contributed by atoms with Crippen LogP contribution in [0, 0.1) is 0 Å². The molecule has 0 saturated heterocycles. The summed E-state index contributed by atoms with van der Waals surface area (Å²) in [6.07, 6.45) is 3.78. The van der Waals surface area contributed by atoms with E-state index in [1.54, 1.807) is 4.96 Å². The van der Waals surface area contributed by atoms with E-state index in [9.17, 15) is 0 Å². The average Bonchev–Trinajstić information content (AvgIpc) is 1.41. The van der Waals surface area contributed by atoms with Gasteiger partial charge in [0.05, 0.1) is 0 Å². The Hall–Kier alpha value is 0.116. The zero-order valence-corrected chi connectivity index (χ0v) is 4.11. The Bertz CT molecular complexity index is 45.6. The van der Waals surface area contributed by atoms with Crippen LogP contribution in [0.4, 0.5) is 0 Å². The molecule has 0 amide bonds. The van der Waals surface area contributed by atoms with Crippen LogP contribution in [0.1, 0.15) is 6.92 Å². The van der Waals surface area contributed by atoms with E-state index < -0.39 is 0 Å². The van der Waals surface area contributed by atoms with Crippen molar-refractivity contribution in [2.24, 2.45) is 0 Å². The first kappa shape index (κ1) is 5.12. The second-order valence-corrected chi connectivity index (χ2v) is 0.984. The average molecular weight is 113 g/mol. The second kappa shape index (κ2) is 4.12. The van der Waals surface area contributed by atoms with Gasteiger partial charge in [-0.1, -0.05) is 0 Å². The first-order valence-corrected chi connectivity index (χ1v) is 2.04. The minimum atomic E-state index is 1.69. The Kier molecular flexibility index (Phi) is 4.21. The van der Waals surface area contributed by atoms with Crippen molar-refractivity contribution in [1.82, 2.24) is 0 Å². The van der Waals surface area contributed by atoms with Crippen molar-refractivity contribution in [1.29, 1.82) is 0 Å². The molecule has 0 atom stereocenters. The SMILES string of the molecule is C/C=C\[CH]=[Co]. The predicted molar refractivity (Wildman–Crippen MR) is 20.9 cm³/mol. The first-order valence-electron chi connectivity index (χ1n) is 1.44. The van der Waals surface area contributed by atoms with Gasteiger partial charge in [-0.15, -0.1) is 0 Å². The van der Waals surface area contributed by atoms with Crippen molar-refractivity contribution < 1.29 is 15.3 Å². The fourth-order valence-corrected chi connectivity index (χ4v) is 0.264. The molecule has 0 aromatic carbocycles. The minimum absolute atomic E-state index is 1.69. The van der Waals surface area contributed by atoms with Crippen LogP contribution in [-0.4, -0.2) is 4.96 Å². The Balaban J connectivity index is 2.92. The maximum absolute atomic E-state index is 3.83. The molecule has 1 heteroatoms. The van der Waals surface area contributed by atoms with Gasteiger partial charge in [-0.2, -0.15) is 0 Å². The van der Waals surface area contributed by atoms with Gasteiger partial charge < -0.3 is 0 Å². The zero-order valence-electron chi connectivity index (χ0n) is 3.07. The third-order valence-corrected chi connectivity index (χ3v) is 0.457.